The van der Waals surface area contributed by atoms with E-state index in [0.717, 1.165) is 0 Å². The van der Waals surface area contributed by atoms with Gasteiger partial charge in [0.1, 0.15) is 5.76 Å². The molecule has 0 spiro atoms. The third kappa shape index (κ3) is 3.80. The second kappa shape index (κ2) is 6.97. The van der Waals surface area contributed by atoms with Gasteiger partial charge in [-0.25, -0.2) is 8.42 Å². The van der Waals surface area contributed by atoms with Crippen molar-refractivity contribution in [3.8, 4) is 0 Å². The molecule has 0 bridgehead atoms. The van der Waals surface area contributed by atoms with Gasteiger partial charge in [-0.1, -0.05) is 13.8 Å². The van der Waals surface area contributed by atoms with Crippen LogP contribution in [0.25, 0.3) is 0 Å². The first-order valence-electron chi connectivity index (χ1n) is 7.36. The Balaban J connectivity index is 2.15. The maximum Gasteiger partial charge on any atom is 0.291 e. The van der Waals surface area contributed by atoms with Crippen LogP contribution in [0.5, 0.6) is 0 Å². The van der Waals surface area contributed by atoms with Gasteiger partial charge in [-0.05, 0) is 43.3 Å². The van der Waals surface area contributed by atoms with Crippen molar-refractivity contribution < 1.29 is 17.6 Å². The van der Waals surface area contributed by atoms with Crippen molar-refractivity contribution in [3.05, 3.63) is 47.9 Å². The number of carbonyl (C=O) groups excluding carboxylic acids is 1. The molecule has 1 aromatic carbocycles. The first kappa shape index (κ1) is 17.2. The van der Waals surface area contributed by atoms with Crippen LogP contribution < -0.4 is 5.32 Å². The number of hydrogen-bond acceptors (Lipinski definition) is 4. The van der Waals surface area contributed by atoms with E-state index >= 15 is 0 Å². The van der Waals surface area contributed by atoms with Crippen LogP contribution in [0, 0.1) is 6.92 Å². The molecule has 1 N–H and O–H groups in total. The van der Waals surface area contributed by atoms with E-state index in [4.69, 9.17) is 4.42 Å². The van der Waals surface area contributed by atoms with Crippen LogP contribution in [0.15, 0.2) is 45.7 Å². The number of furan rings is 1. The zero-order valence-electron chi connectivity index (χ0n) is 13.4. The molecule has 0 aliphatic carbocycles. The predicted molar refractivity (Wildman–Crippen MR) is 87.9 cm³/mol. The minimum atomic E-state index is -3.49. The Morgan fingerprint density at radius 3 is 2.17 bits per heavy atom. The lowest BCUT2D eigenvalue weighted by Gasteiger charge is -2.18. The molecule has 1 aromatic heterocycles. The average molecular weight is 336 g/mol. The van der Waals surface area contributed by atoms with Crippen molar-refractivity contribution >= 4 is 21.6 Å². The van der Waals surface area contributed by atoms with Gasteiger partial charge in [0.25, 0.3) is 5.91 Å². The number of hydrogen-bond donors (Lipinski definition) is 1. The molecular formula is C16H20N2O4S. The summed E-state index contributed by atoms with van der Waals surface area (Å²) in [5.41, 5.74) is 0.502. The highest BCUT2D eigenvalue weighted by Crippen LogP contribution is 2.19. The molecule has 0 aliphatic heterocycles. The van der Waals surface area contributed by atoms with Gasteiger partial charge in [0.15, 0.2) is 5.76 Å². The van der Waals surface area contributed by atoms with Crippen LogP contribution in [-0.4, -0.2) is 31.7 Å². The summed E-state index contributed by atoms with van der Waals surface area (Å²) in [6.45, 7) is 6.16. The van der Waals surface area contributed by atoms with Crippen LogP contribution in [0.3, 0.4) is 0 Å². The summed E-state index contributed by atoms with van der Waals surface area (Å²) >= 11 is 0. The van der Waals surface area contributed by atoms with Crippen molar-refractivity contribution in [2.75, 3.05) is 18.4 Å². The molecule has 6 nitrogen and oxygen atoms in total. The number of benzene rings is 1. The van der Waals surface area contributed by atoms with Crippen molar-refractivity contribution in [2.24, 2.45) is 0 Å². The number of aryl methyl sites for hydroxylation is 1. The minimum absolute atomic E-state index is 0.202. The lowest BCUT2D eigenvalue weighted by Crippen LogP contribution is -2.30. The summed E-state index contributed by atoms with van der Waals surface area (Å²) in [5.74, 6) is 0.482. The van der Waals surface area contributed by atoms with Crippen molar-refractivity contribution in [2.45, 2.75) is 25.7 Å². The highest BCUT2D eigenvalue weighted by molar-refractivity contribution is 7.89. The predicted octanol–water partition coefficient (Wildman–Crippen LogP) is 2.87. The standard InChI is InChI=1S/C16H20N2O4S/c1-4-18(5-2)23(20,21)14-9-7-13(8-10-14)17-16(19)15-11-6-12(3)22-15/h6-11H,4-5H2,1-3H3,(H,17,19). The van der Waals surface area contributed by atoms with E-state index < -0.39 is 10.0 Å². The van der Waals surface area contributed by atoms with Gasteiger partial charge < -0.3 is 9.73 Å². The summed E-state index contributed by atoms with van der Waals surface area (Å²) < 4.78 is 31.4. The van der Waals surface area contributed by atoms with Gasteiger partial charge in [0, 0.05) is 18.8 Å². The second-order valence-electron chi connectivity index (χ2n) is 4.98. The van der Waals surface area contributed by atoms with Gasteiger partial charge in [-0.2, -0.15) is 4.31 Å². The summed E-state index contributed by atoms with van der Waals surface area (Å²) in [6.07, 6.45) is 0. The Labute approximate surface area is 136 Å². The number of rotatable bonds is 6. The van der Waals surface area contributed by atoms with E-state index in [1.165, 1.54) is 16.4 Å². The maximum atomic E-state index is 12.4. The van der Waals surface area contributed by atoms with Crippen LogP contribution in [0.2, 0.25) is 0 Å². The zero-order chi connectivity index (χ0) is 17.0. The normalized spacial score (nSPS) is 11.7. The van der Waals surface area contributed by atoms with Crippen molar-refractivity contribution in [1.82, 2.24) is 4.31 Å². The fourth-order valence-corrected chi connectivity index (χ4v) is 3.63. The number of carbonyl (C=O) groups is 1. The molecule has 0 unspecified atom stereocenters. The molecule has 1 heterocycles. The molecule has 0 saturated carbocycles. The summed E-state index contributed by atoms with van der Waals surface area (Å²) in [7, 11) is -3.49. The van der Waals surface area contributed by atoms with Crippen molar-refractivity contribution in [1.29, 1.82) is 0 Å². The maximum absolute atomic E-state index is 12.4. The number of anilines is 1. The quantitative estimate of drug-likeness (QED) is 0.879. The minimum Gasteiger partial charge on any atom is -0.456 e. The Morgan fingerprint density at radius 1 is 1.09 bits per heavy atom. The largest absolute Gasteiger partial charge is 0.456 e. The number of nitrogens with zero attached hydrogens (tertiary/aromatic N) is 1. The first-order valence-corrected chi connectivity index (χ1v) is 8.80. The van der Waals surface area contributed by atoms with Crippen LogP contribution in [0.4, 0.5) is 5.69 Å². The summed E-state index contributed by atoms with van der Waals surface area (Å²) in [5, 5.41) is 2.67. The third-order valence-corrected chi connectivity index (χ3v) is 5.48. The van der Waals surface area contributed by atoms with Gasteiger partial charge in [-0.15, -0.1) is 0 Å². The molecule has 2 aromatic rings. The lowest BCUT2D eigenvalue weighted by molar-refractivity contribution is 0.0995. The van der Waals surface area contributed by atoms with E-state index in [9.17, 15) is 13.2 Å². The van der Waals surface area contributed by atoms with Crippen LogP contribution >= 0.6 is 0 Å². The Bertz CT molecular complexity index is 775. The van der Waals surface area contributed by atoms with Gasteiger partial charge in [0.2, 0.25) is 10.0 Å². The smallest absolute Gasteiger partial charge is 0.291 e. The Hall–Kier alpha value is -2.12. The molecule has 0 atom stereocenters. The molecular weight excluding hydrogens is 316 g/mol. The van der Waals surface area contributed by atoms with E-state index in [0.29, 0.717) is 24.5 Å². The second-order valence-corrected chi connectivity index (χ2v) is 6.92. The molecule has 124 valence electrons. The molecule has 23 heavy (non-hydrogen) atoms. The van der Waals surface area contributed by atoms with E-state index in [1.807, 2.05) is 0 Å². The van der Waals surface area contributed by atoms with Crippen molar-refractivity contribution in [3.63, 3.8) is 0 Å². The summed E-state index contributed by atoms with van der Waals surface area (Å²) in [6, 6.07) is 9.38. The molecule has 7 heteroatoms. The molecule has 0 radical (unpaired) electrons. The highest BCUT2D eigenvalue weighted by atomic mass is 32.2. The lowest BCUT2D eigenvalue weighted by atomic mass is 10.3. The molecule has 2 rings (SSSR count). The number of sulfonamides is 1. The fourth-order valence-electron chi connectivity index (χ4n) is 2.17. The molecule has 1 amide bonds. The number of amides is 1. The number of nitrogens with one attached hydrogen (secondary N) is 1. The van der Waals surface area contributed by atoms with Gasteiger partial charge in [0.05, 0.1) is 4.90 Å². The van der Waals surface area contributed by atoms with Gasteiger partial charge in [-0.3, -0.25) is 4.79 Å². The Kier molecular flexibility index (Phi) is 5.23. The Morgan fingerprint density at radius 2 is 1.70 bits per heavy atom. The molecule has 0 aliphatic rings. The van der Waals surface area contributed by atoms with E-state index in [-0.39, 0.29) is 16.6 Å². The topological polar surface area (TPSA) is 79.6 Å². The van der Waals surface area contributed by atoms with Crippen LogP contribution in [-0.2, 0) is 10.0 Å². The van der Waals surface area contributed by atoms with Crippen LogP contribution in [0.1, 0.15) is 30.2 Å². The third-order valence-electron chi connectivity index (χ3n) is 3.42. The molecule has 0 fully saturated rings. The highest BCUT2D eigenvalue weighted by Gasteiger charge is 2.21. The SMILES string of the molecule is CCN(CC)S(=O)(=O)c1ccc(NC(=O)c2ccc(C)o2)cc1. The van der Waals surface area contributed by atoms with Gasteiger partial charge >= 0.3 is 0 Å². The van der Waals surface area contributed by atoms with E-state index in [2.05, 4.69) is 5.32 Å². The first-order chi connectivity index (χ1) is 10.9. The summed E-state index contributed by atoms with van der Waals surface area (Å²) in [4.78, 5) is 12.2. The fraction of sp³-hybridized carbons (Fsp3) is 0.312. The zero-order valence-corrected chi connectivity index (χ0v) is 14.2. The molecule has 0 saturated heterocycles. The monoisotopic (exact) mass is 336 g/mol. The van der Waals surface area contributed by atoms with E-state index in [1.54, 1.807) is 45.0 Å². The average Bonchev–Trinajstić information content (AvgIpc) is 2.95.